The van der Waals surface area contributed by atoms with Crippen LogP contribution in [0.25, 0.3) is 0 Å². The molecule has 0 radical (unpaired) electrons. The Morgan fingerprint density at radius 3 is 2.25 bits per heavy atom. The molecule has 6 nitrogen and oxygen atoms in total. The highest BCUT2D eigenvalue weighted by atomic mass is 16.2. The number of hydrogen-bond donors (Lipinski definition) is 1. The minimum Gasteiger partial charge on any atom is -0.348 e. The third-order valence-corrected chi connectivity index (χ3v) is 5.17. The van der Waals surface area contributed by atoms with Gasteiger partial charge in [-0.25, -0.2) is 4.79 Å². The first kappa shape index (κ1) is 19.0. The number of nitrogens with one attached hydrogen (secondary N) is 1. The molecule has 0 unspecified atom stereocenters. The fraction of sp³-hybridized carbons (Fsp3) is 0.889. The van der Waals surface area contributed by atoms with Gasteiger partial charge in [0.2, 0.25) is 5.91 Å². The van der Waals surface area contributed by atoms with Gasteiger partial charge in [0.1, 0.15) is 0 Å². The predicted octanol–water partition coefficient (Wildman–Crippen LogP) is 1.90. The molecule has 0 aromatic carbocycles. The average Bonchev–Trinajstić information content (AvgIpc) is 2.75. The summed E-state index contributed by atoms with van der Waals surface area (Å²) in [6.07, 6.45) is 9.55. The Balaban J connectivity index is 1.77. The van der Waals surface area contributed by atoms with Crippen LogP contribution in [0.5, 0.6) is 0 Å². The summed E-state index contributed by atoms with van der Waals surface area (Å²) in [7, 11) is 3.57. The molecule has 1 N–H and O–H groups in total. The van der Waals surface area contributed by atoms with Gasteiger partial charge in [-0.15, -0.1) is 0 Å². The molecule has 6 heteroatoms. The SMILES string of the molecule is CN(C)C(=O)CN1CCCN(C(=O)NC2CCCCCCC2)CC1. The summed E-state index contributed by atoms with van der Waals surface area (Å²) >= 11 is 0. The van der Waals surface area contributed by atoms with Crippen LogP contribution in [-0.4, -0.2) is 79.5 Å². The molecule has 1 aliphatic heterocycles. The van der Waals surface area contributed by atoms with Crippen LogP contribution in [-0.2, 0) is 4.79 Å². The third kappa shape index (κ3) is 6.30. The smallest absolute Gasteiger partial charge is 0.317 e. The molecule has 1 aliphatic carbocycles. The monoisotopic (exact) mass is 338 g/mol. The summed E-state index contributed by atoms with van der Waals surface area (Å²) in [5, 5.41) is 3.25. The fourth-order valence-electron chi connectivity index (χ4n) is 3.53. The van der Waals surface area contributed by atoms with E-state index in [9.17, 15) is 9.59 Å². The first-order valence-corrected chi connectivity index (χ1v) is 9.54. The second-order valence-corrected chi connectivity index (χ2v) is 7.40. The van der Waals surface area contributed by atoms with Crippen LogP contribution in [0.4, 0.5) is 4.79 Å². The molecular formula is C18H34N4O2. The Labute approximate surface area is 146 Å². The number of carbonyl (C=O) groups is 2. The van der Waals surface area contributed by atoms with Crippen molar-refractivity contribution in [3.05, 3.63) is 0 Å². The molecule has 24 heavy (non-hydrogen) atoms. The molecule has 1 saturated heterocycles. The van der Waals surface area contributed by atoms with E-state index in [1.54, 1.807) is 19.0 Å². The molecule has 2 aliphatic rings. The lowest BCUT2D eigenvalue weighted by Gasteiger charge is -2.27. The van der Waals surface area contributed by atoms with E-state index in [-0.39, 0.29) is 11.9 Å². The van der Waals surface area contributed by atoms with Crippen LogP contribution in [0.1, 0.15) is 51.4 Å². The fourth-order valence-corrected chi connectivity index (χ4v) is 3.53. The molecule has 2 fully saturated rings. The zero-order valence-electron chi connectivity index (χ0n) is 15.4. The Kier molecular flexibility index (Phi) is 7.82. The number of hydrogen-bond acceptors (Lipinski definition) is 3. The van der Waals surface area contributed by atoms with E-state index < -0.39 is 0 Å². The van der Waals surface area contributed by atoms with Crippen molar-refractivity contribution in [3.63, 3.8) is 0 Å². The van der Waals surface area contributed by atoms with Gasteiger partial charge < -0.3 is 15.1 Å². The van der Waals surface area contributed by atoms with Crippen LogP contribution in [0.15, 0.2) is 0 Å². The van der Waals surface area contributed by atoms with Crippen LogP contribution in [0, 0.1) is 0 Å². The van der Waals surface area contributed by atoms with Crippen LogP contribution in [0.3, 0.4) is 0 Å². The minimum absolute atomic E-state index is 0.0846. The van der Waals surface area contributed by atoms with Gasteiger partial charge in [-0.2, -0.15) is 0 Å². The summed E-state index contributed by atoms with van der Waals surface area (Å²) < 4.78 is 0. The van der Waals surface area contributed by atoms with Crippen molar-refractivity contribution in [2.24, 2.45) is 0 Å². The van der Waals surface area contributed by atoms with E-state index in [1.165, 1.54) is 32.1 Å². The molecule has 0 bridgehead atoms. The zero-order valence-corrected chi connectivity index (χ0v) is 15.4. The largest absolute Gasteiger partial charge is 0.348 e. The molecule has 0 aromatic heterocycles. The van der Waals surface area contributed by atoms with Crippen molar-refractivity contribution in [2.45, 2.75) is 57.4 Å². The van der Waals surface area contributed by atoms with E-state index in [4.69, 9.17) is 0 Å². The standard InChI is InChI=1S/C18H34N4O2/c1-20(2)17(23)15-21-11-8-12-22(14-13-21)18(24)19-16-9-6-4-3-5-7-10-16/h16H,3-15H2,1-2H3,(H,19,24). The summed E-state index contributed by atoms with van der Waals surface area (Å²) in [6.45, 7) is 3.60. The van der Waals surface area contributed by atoms with E-state index in [0.717, 1.165) is 38.9 Å². The van der Waals surface area contributed by atoms with Crippen molar-refractivity contribution in [1.82, 2.24) is 20.0 Å². The second kappa shape index (κ2) is 9.87. The highest BCUT2D eigenvalue weighted by molar-refractivity contribution is 5.77. The number of nitrogens with zero attached hydrogens (tertiary/aromatic N) is 3. The number of rotatable bonds is 3. The lowest BCUT2D eigenvalue weighted by Crippen LogP contribution is -2.46. The number of urea groups is 1. The van der Waals surface area contributed by atoms with E-state index >= 15 is 0 Å². The Hall–Kier alpha value is -1.30. The van der Waals surface area contributed by atoms with Gasteiger partial charge >= 0.3 is 6.03 Å². The van der Waals surface area contributed by atoms with Crippen molar-refractivity contribution in [2.75, 3.05) is 46.8 Å². The summed E-state index contributed by atoms with van der Waals surface area (Å²) in [6, 6.07) is 0.425. The molecule has 1 heterocycles. The molecule has 1 saturated carbocycles. The molecular weight excluding hydrogens is 304 g/mol. The minimum atomic E-state index is 0.0846. The van der Waals surface area contributed by atoms with Crippen LogP contribution < -0.4 is 5.32 Å². The maximum Gasteiger partial charge on any atom is 0.317 e. The maximum absolute atomic E-state index is 12.6. The van der Waals surface area contributed by atoms with Crippen molar-refractivity contribution in [3.8, 4) is 0 Å². The first-order chi connectivity index (χ1) is 11.6. The van der Waals surface area contributed by atoms with Gasteiger partial charge in [-0.3, -0.25) is 9.69 Å². The quantitative estimate of drug-likeness (QED) is 0.855. The molecule has 3 amide bonds. The van der Waals surface area contributed by atoms with Gasteiger partial charge in [-0.05, 0) is 19.3 Å². The maximum atomic E-state index is 12.6. The topological polar surface area (TPSA) is 55.9 Å². The van der Waals surface area contributed by atoms with Crippen LogP contribution >= 0.6 is 0 Å². The third-order valence-electron chi connectivity index (χ3n) is 5.17. The zero-order chi connectivity index (χ0) is 17.4. The Morgan fingerprint density at radius 1 is 0.917 bits per heavy atom. The highest BCUT2D eigenvalue weighted by Gasteiger charge is 2.22. The molecule has 2 rings (SSSR count). The summed E-state index contributed by atoms with van der Waals surface area (Å²) in [4.78, 5) is 30.1. The van der Waals surface area contributed by atoms with Crippen LogP contribution in [0.2, 0.25) is 0 Å². The molecule has 0 atom stereocenters. The van der Waals surface area contributed by atoms with Gasteiger partial charge in [0.15, 0.2) is 0 Å². The van der Waals surface area contributed by atoms with Gasteiger partial charge in [0.25, 0.3) is 0 Å². The molecule has 0 aromatic rings. The van der Waals surface area contributed by atoms with Crippen molar-refractivity contribution < 1.29 is 9.59 Å². The molecule has 0 spiro atoms. The number of carbonyl (C=O) groups excluding carboxylic acids is 2. The van der Waals surface area contributed by atoms with Crippen molar-refractivity contribution >= 4 is 11.9 Å². The van der Waals surface area contributed by atoms with E-state index in [2.05, 4.69) is 10.2 Å². The second-order valence-electron chi connectivity index (χ2n) is 7.40. The predicted molar refractivity (Wildman–Crippen MR) is 96.0 cm³/mol. The Bertz CT molecular complexity index is 406. The lowest BCUT2D eigenvalue weighted by atomic mass is 9.97. The van der Waals surface area contributed by atoms with Gasteiger partial charge in [0, 0.05) is 46.3 Å². The molecule has 138 valence electrons. The van der Waals surface area contributed by atoms with E-state index in [1.807, 2.05) is 4.90 Å². The van der Waals surface area contributed by atoms with Crippen molar-refractivity contribution in [1.29, 1.82) is 0 Å². The first-order valence-electron chi connectivity index (χ1n) is 9.54. The van der Waals surface area contributed by atoms with E-state index in [0.29, 0.717) is 19.1 Å². The number of likely N-dealkylation sites (N-methyl/N-ethyl adjacent to an activating group) is 1. The van der Waals surface area contributed by atoms with Gasteiger partial charge in [0.05, 0.1) is 6.54 Å². The average molecular weight is 338 g/mol. The van der Waals surface area contributed by atoms with Gasteiger partial charge in [-0.1, -0.05) is 32.1 Å². The lowest BCUT2D eigenvalue weighted by molar-refractivity contribution is -0.129. The summed E-state index contributed by atoms with van der Waals surface area (Å²) in [5.41, 5.74) is 0. The Morgan fingerprint density at radius 2 is 1.58 bits per heavy atom. The number of amides is 3. The normalized spacial score (nSPS) is 21.5. The highest BCUT2D eigenvalue weighted by Crippen LogP contribution is 2.17. The summed E-state index contributed by atoms with van der Waals surface area (Å²) in [5.74, 6) is 0.127.